The third kappa shape index (κ3) is 2.11. The number of hydrogen-bond acceptors (Lipinski definition) is 1. The number of Topliss-reactive ketones (excluding diaryl/α,β-unsaturated/α-hetero) is 1. The van der Waals surface area contributed by atoms with Crippen LogP contribution in [0.2, 0.25) is 0 Å². The Morgan fingerprint density at radius 2 is 2.00 bits per heavy atom. The van der Waals surface area contributed by atoms with Crippen LogP contribution in [0.3, 0.4) is 0 Å². The van der Waals surface area contributed by atoms with Gasteiger partial charge >= 0.3 is 0 Å². The molecule has 0 radical (unpaired) electrons. The molecule has 0 unspecified atom stereocenters. The van der Waals surface area contributed by atoms with E-state index >= 15 is 0 Å². The van der Waals surface area contributed by atoms with Gasteiger partial charge in [0.25, 0.3) is 0 Å². The number of rotatable bonds is 1. The summed E-state index contributed by atoms with van der Waals surface area (Å²) in [6.07, 6.45) is 4.61. The Hall–Kier alpha value is -0.770. The van der Waals surface area contributed by atoms with E-state index in [4.69, 9.17) is 0 Å². The Morgan fingerprint density at radius 3 is 2.58 bits per heavy atom. The molecule has 0 aromatic heterocycles. The number of hydrogen-bond donors (Lipinski definition) is 0. The summed E-state index contributed by atoms with van der Waals surface area (Å²) < 4.78 is 0. The summed E-state index contributed by atoms with van der Waals surface area (Å²) in [4.78, 5) is 11.2. The molecule has 0 amide bonds. The van der Waals surface area contributed by atoms with Gasteiger partial charge < -0.3 is 0 Å². The molecule has 0 aromatic carbocycles. The maximum atomic E-state index is 11.2. The zero-order valence-electron chi connectivity index (χ0n) is 7.89. The molecule has 2 atom stereocenters. The van der Waals surface area contributed by atoms with Crippen LogP contribution < -0.4 is 0 Å². The minimum atomic E-state index is 0.228. The van der Waals surface area contributed by atoms with E-state index in [2.05, 4.69) is 11.8 Å². The predicted molar refractivity (Wildman–Crippen MR) is 49.6 cm³/mol. The molecule has 0 N–H and O–H groups in total. The first-order valence-corrected chi connectivity index (χ1v) is 4.68. The van der Waals surface area contributed by atoms with Crippen molar-refractivity contribution in [2.24, 2.45) is 11.8 Å². The smallest absolute Gasteiger partial charge is 0.134 e. The van der Waals surface area contributed by atoms with Gasteiger partial charge in [0.2, 0.25) is 0 Å². The molecule has 1 heteroatoms. The molecule has 12 heavy (non-hydrogen) atoms. The van der Waals surface area contributed by atoms with Crippen LogP contribution in [-0.2, 0) is 4.79 Å². The van der Waals surface area contributed by atoms with Gasteiger partial charge in [0, 0.05) is 11.8 Å². The lowest BCUT2D eigenvalue weighted by Crippen LogP contribution is -2.24. The fraction of sp³-hybridized carbons (Fsp3) is 0.727. The second kappa shape index (κ2) is 4.30. The van der Waals surface area contributed by atoms with E-state index in [-0.39, 0.29) is 5.92 Å². The lowest BCUT2D eigenvalue weighted by atomic mass is 9.78. The number of carbonyl (C=O) groups is 1. The average Bonchev–Trinajstić information content (AvgIpc) is 2.05. The maximum Gasteiger partial charge on any atom is 0.134 e. The van der Waals surface area contributed by atoms with Crippen molar-refractivity contribution in [1.29, 1.82) is 0 Å². The summed E-state index contributed by atoms with van der Waals surface area (Å²) in [5.74, 6) is 6.96. The van der Waals surface area contributed by atoms with Crippen molar-refractivity contribution in [3.63, 3.8) is 0 Å². The van der Waals surface area contributed by atoms with Crippen LogP contribution in [0.15, 0.2) is 0 Å². The second-order valence-corrected chi connectivity index (χ2v) is 3.50. The summed E-state index contributed by atoms with van der Waals surface area (Å²) in [5, 5.41) is 0. The minimum Gasteiger partial charge on any atom is -0.300 e. The fourth-order valence-electron chi connectivity index (χ4n) is 1.98. The van der Waals surface area contributed by atoms with E-state index in [1.54, 1.807) is 6.92 Å². The quantitative estimate of drug-likeness (QED) is 0.544. The van der Waals surface area contributed by atoms with Crippen LogP contribution in [0, 0.1) is 23.7 Å². The van der Waals surface area contributed by atoms with Crippen molar-refractivity contribution in [1.82, 2.24) is 0 Å². The van der Waals surface area contributed by atoms with Gasteiger partial charge in [0.15, 0.2) is 0 Å². The highest BCUT2D eigenvalue weighted by Gasteiger charge is 2.26. The first-order chi connectivity index (χ1) is 5.75. The van der Waals surface area contributed by atoms with Gasteiger partial charge in [-0.25, -0.2) is 0 Å². The molecule has 1 rings (SSSR count). The third-order valence-corrected chi connectivity index (χ3v) is 2.62. The summed E-state index contributed by atoms with van der Waals surface area (Å²) >= 11 is 0. The summed E-state index contributed by atoms with van der Waals surface area (Å²) in [6, 6.07) is 0. The molecule has 0 spiro atoms. The summed E-state index contributed by atoms with van der Waals surface area (Å²) in [5.41, 5.74) is 0. The fourth-order valence-corrected chi connectivity index (χ4v) is 1.98. The Kier molecular flexibility index (Phi) is 3.34. The minimum absolute atomic E-state index is 0.228. The molecule has 0 saturated heterocycles. The first kappa shape index (κ1) is 9.32. The van der Waals surface area contributed by atoms with Crippen LogP contribution in [0.4, 0.5) is 0 Å². The van der Waals surface area contributed by atoms with Crippen molar-refractivity contribution >= 4 is 5.78 Å². The molecular formula is C11H16O. The summed E-state index contributed by atoms with van der Waals surface area (Å²) in [6.45, 7) is 3.55. The van der Waals surface area contributed by atoms with Crippen molar-refractivity contribution < 1.29 is 4.79 Å². The first-order valence-electron chi connectivity index (χ1n) is 4.68. The molecule has 0 aliphatic heterocycles. The summed E-state index contributed by atoms with van der Waals surface area (Å²) in [7, 11) is 0. The largest absolute Gasteiger partial charge is 0.300 e. The highest BCUT2D eigenvalue weighted by molar-refractivity contribution is 5.79. The topological polar surface area (TPSA) is 17.1 Å². The van der Waals surface area contributed by atoms with Crippen LogP contribution in [0.1, 0.15) is 39.5 Å². The normalized spacial score (nSPS) is 28.8. The molecule has 1 nitrogen and oxygen atoms in total. The van der Waals surface area contributed by atoms with Crippen LogP contribution in [0.25, 0.3) is 0 Å². The van der Waals surface area contributed by atoms with Gasteiger partial charge in [0.1, 0.15) is 5.78 Å². The Bertz CT molecular complexity index is 219. The van der Waals surface area contributed by atoms with E-state index < -0.39 is 0 Å². The average molecular weight is 164 g/mol. The van der Waals surface area contributed by atoms with E-state index in [1.165, 1.54) is 12.8 Å². The van der Waals surface area contributed by atoms with E-state index in [0.29, 0.717) is 11.7 Å². The SMILES string of the molecule is CC#C[C@H]1CCCC[C@H]1C(C)=O. The van der Waals surface area contributed by atoms with Crippen molar-refractivity contribution in [2.45, 2.75) is 39.5 Å². The van der Waals surface area contributed by atoms with E-state index in [9.17, 15) is 4.79 Å². The number of ketones is 1. The monoisotopic (exact) mass is 164 g/mol. The van der Waals surface area contributed by atoms with Gasteiger partial charge in [-0.1, -0.05) is 18.8 Å². The predicted octanol–water partition coefficient (Wildman–Crippen LogP) is 2.41. The highest BCUT2D eigenvalue weighted by Crippen LogP contribution is 2.29. The third-order valence-electron chi connectivity index (χ3n) is 2.62. The molecule has 1 aliphatic rings. The molecular weight excluding hydrogens is 148 g/mol. The molecule has 1 aliphatic carbocycles. The zero-order chi connectivity index (χ0) is 8.97. The van der Waals surface area contributed by atoms with Crippen molar-refractivity contribution in [3.05, 3.63) is 0 Å². The van der Waals surface area contributed by atoms with E-state index in [1.807, 2.05) is 6.92 Å². The van der Waals surface area contributed by atoms with Gasteiger partial charge in [-0.05, 0) is 26.7 Å². The molecule has 0 bridgehead atoms. The molecule has 0 heterocycles. The van der Waals surface area contributed by atoms with Gasteiger partial charge in [-0.15, -0.1) is 5.92 Å². The Labute approximate surface area is 74.5 Å². The Morgan fingerprint density at radius 1 is 1.33 bits per heavy atom. The zero-order valence-corrected chi connectivity index (χ0v) is 7.89. The number of carbonyl (C=O) groups excluding carboxylic acids is 1. The lowest BCUT2D eigenvalue weighted by molar-refractivity contribution is -0.122. The molecule has 0 aromatic rings. The molecule has 1 fully saturated rings. The molecule has 1 saturated carbocycles. The highest BCUT2D eigenvalue weighted by atomic mass is 16.1. The second-order valence-electron chi connectivity index (χ2n) is 3.50. The van der Waals surface area contributed by atoms with Crippen LogP contribution in [-0.4, -0.2) is 5.78 Å². The standard InChI is InChI=1S/C11H16O/c1-3-6-10-7-4-5-8-11(10)9(2)12/h10-11H,4-5,7-8H2,1-2H3/t10-,11-/m0/s1. The Balaban J connectivity index is 2.64. The molecule has 66 valence electrons. The van der Waals surface area contributed by atoms with E-state index in [0.717, 1.165) is 12.8 Å². The van der Waals surface area contributed by atoms with Crippen LogP contribution >= 0.6 is 0 Å². The van der Waals surface area contributed by atoms with Gasteiger partial charge in [0.05, 0.1) is 0 Å². The van der Waals surface area contributed by atoms with Gasteiger partial charge in [-0.3, -0.25) is 4.79 Å². The maximum absolute atomic E-state index is 11.2. The van der Waals surface area contributed by atoms with Crippen LogP contribution in [0.5, 0.6) is 0 Å². The van der Waals surface area contributed by atoms with Crippen molar-refractivity contribution in [2.75, 3.05) is 0 Å². The van der Waals surface area contributed by atoms with Gasteiger partial charge in [-0.2, -0.15) is 0 Å². The van der Waals surface area contributed by atoms with Crippen molar-refractivity contribution in [3.8, 4) is 11.8 Å². The lowest BCUT2D eigenvalue weighted by Gasteiger charge is -2.25.